The number of carbonyl (C=O) groups excluding carboxylic acids is 1. The lowest BCUT2D eigenvalue weighted by atomic mass is 10.0. The van der Waals surface area contributed by atoms with Gasteiger partial charge in [-0.1, -0.05) is 0 Å². The lowest BCUT2D eigenvalue weighted by molar-refractivity contribution is -0.168. The predicted molar refractivity (Wildman–Crippen MR) is 74.4 cm³/mol. The van der Waals surface area contributed by atoms with E-state index in [0.29, 0.717) is 26.1 Å². The number of hydrogen-bond donors (Lipinski definition) is 1. The fourth-order valence-corrected chi connectivity index (χ4v) is 2.59. The van der Waals surface area contributed by atoms with Crippen LogP contribution in [0.2, 0.25) is 0 Å². The topological polar surface area (TPSA) is 67.5 Å². The van der Waals surface area contributed by atoms with E-state index in [1.807, 2.05) is 31.7 Å². The van der Waals surface area contributed by atoms with Crippen molar-refractivity contribution in [2.75, 3.05) is 26.8 Å². The minimum absolute atomic E-state index is 0.0754. The molecule has 2 heterocycles. The van der Waals surface area contributed by atoms with E-state index in [1.165, 1.54) is 0 Å². The van der Waals surface area contributed by atoms with Crippen molar-refractivity contribution in [1.82, 2.24) is 15.1 Å². The predicted octanol–water partition coefficient (Wildman–Crippen LogP) is 0.913. The van der Waals surface area contributed by atoms with E-state index in [2.05, 4.69) is 10.2 Å². The molecular formula is C14H23N3O3. The number of aromatic amines is 1. The van der Waals surface area contributed by atoms with E-state index in [1.54, 1.807) is 7.11 Å². The van der Waals surface area contributed by atoms with Crippen LogP contribution >= 0.6 is 0 Å². The fourth-order valence-electron chi connectivity index (χ4n) is 2.59. The molecule has 6 heteroatoms. The maximum absolute atomic E-state index is 12.4. The van der Waals surface area contributed by atoms with Crippen molar-refractivity contribution >= 4 is 5.91 Å². The third-order valence-corrected chi connectivity index (χ3v) is 3.28. The minimum atomic E-state index is -0.349. The van der Waals surface area contributed by atoms with E-state index >= 15 is 0 Å². The summed E-state index contributed by atoms with van der Waals surface area (Å²) in [5.74, 6) is 0.0778. The van der Waals surface area contributed by atoms with Crippen molar-refractivity contribution in [3.63, 3.8) is 0 Å². The van der Waals surface area contributed by atoms with Crippen LogP contribution in [0.5, 0.6) is 0 Å². The molecule has 1 aliphatic rings. The number of aromatic nitrogens is 2. The molecular weight excluding hydrogens is 258 g/mol. The van der Waals surface area contributed by atoms with Crippen LogP contribution in [0.15, 0.2) is 6.07 Å². The largest absolute Gasteiger partial charge is 0.382 e. The van der Waals surface area contributed by atoms with Gasteiger partial charge < -0.3 is 14.4 Å². The van der Waals surface area contributed by atoms with Crippen molar-refractivity contribution in [2.24, 2.45) is 0 Å². The van der Waals surface area contributed by atoms with Crippen molar-refractivity contribution in [2.45, 2.75) is 38.9 Å². The number of amides is 1. The molecule has 1 aromatic rings. The normalized spacial score (nSPS) is 22.0. The maximum atomic E-state index is 12.4. The number of nitrogens with one attached hydrogen (secondary N) is 1. The summed E-state index contributed by atoms with van der Waals surface area (Å²) >= 11 is 0. The summed E-state index contributed by atoms with van der Waals surface area (Å²) in [4.78, 5) is 14.2. The minimum Gasteiger partial charge on any atom is -0.382 e. The van der Waals surface area contributed by atoms with E-state index in [0.717, 1.165) is 11.4 Å². The van der Waals surface area contributed by atoms with Crippen LogP contribution in [0.4, 0.5) is 0 Å². The molecule has 1 aromatic heterocycles. The number of H-pyrrole nitrogens is 1. The highest BCUT2D eigenvalue weighted by Gasteiger charge is 2.35. The van der Waals surface area contributed by atoms with E-state index in [4.69, 9.17) is 9.47 Å². The van der Waals surface area contributed by atoms with Gasteiger partial charge in [-0.05, 0) is 26.8 Å². The number of nitrogens with zero attached hydrogens (tertiary/aromatic N) is 2. The van der Waals surface area contributed by atoms with Gasteiger partial charge in [-0.2, -0.15) is 5.10 Å². The average Bonchev–Trinajstić information content (AvgIpc) is 2.73. The summed E-state index contributed by atoms with van der Waals surface area (Å²) < 4.78 is 11.1. The zero-order valence-electron chi connectivity index (χ0n) is 12.6. The highest BCUT2D eigenvalue weighted by Crippen LogP contribution is 2.21. The number of hydrogen-bond acceptors (Lipinski definition) is 4. The zero-order valence-corrected chi connectivity index (χ0v) is 12.6. The smallest absolute Gasteiger partial charge is 0.228 e. The molecule has 0 bridgehead atoms. The van der Waals surface area contributed by atoms with Gasteiger partial charge >= 0.3 is 0 Å². The Balaban J connectivity index is 2.00. The molecule has 6 nitrogen and oxygen atoms in total. The Kier molecular flexibility index (Phi) is 4.45. The fraction of sp³-hybridized carbons (Fsp3) is 0.714. The van der Waals surface area contributed by atoms with Gasteiger partial charge in [-0.15, -0.1) is 0 Å². The molecule has 2 rings (SSSR count). The molecule has 1 amide bonds. The summed E-state index contributed by atoms with van der Waals surface area (Å²) in [6.07, 6.45) is 0.244. The molecule has 0 unspecified atom stereocenters. The van der Waals surface area contributed by atoms with Gasteiger partial charge in [-0.3, -0.25) is 9.89 Å². The number of morpholine rings is 1. The van der Waals surface area contributed by atoms with Gasteiger partial charge in [0.25, 0.3) is 0 Å². The highest BCUT2D eigenvalue weighted by molar-refractivity contribution is 5.78. The molecule has 1 aliphatic heterocycles. The molecule has 20 heavy (non-hydrogen) atoms. The van der Waals surface area contributed by atoms with Crippen LogP contribution < -0.4 is 0 Å². The molecule has 1 fully saturated rings. The Morgan fingerprint density at radius 1 is 1.65 bits per heavy atom. The molecule has 1 saturated heterocycles. The first kappa shape index (κ1) is 15.0. The van der Waals surface area contributed by atoms with Crippen molar-refractivity contribution in [3.05, 3.63) is 17.5 Å². The number of methoxy groups -OCH3 is 1. The van der Waals surface area contributed by atoms with E-state index < -0.39 is 0 Å². The first-order valence-electron chi connectivity index (χ1n) is 6.85. The van der Waals surface area contributed by atoms with Crippen LogP contribution in [-0.2, 0) is 20.7 Å². The number of aryl methyl sites for hydroxylation is 1. The lowest BCUT2D eigenvalue weighted by Gasteiger charge is -2.42. The van der Waals surface area contributed by atoms with Gasteiger partial charge in [0.1, 0.15) is 0 Å². The van der Waals surface area contributed by atoms with Gasteiger partial charge in [0, 0.05) is 25.9 Å². The Hall–Kier alpha value is -1.40. The number of ether oxygens (including phenoxy) is 2. The lowest BCUT2D eigenvalue weighted by Crippen LogP contribution is -2.56. The van der Waals surface area contributed by atoms with E-state index in [9.17, 15) is 4.79 Å². The molecule has 112 valence electrons. The summed E-state index contributed by atoms with van der Waals surface area (Å²) in [7, 11) is 1.64. The Bertz CT molecular complexity index is 470. The van der Waals surface area contributed by atoms with Gasteiger partial charge in [-0.25, -0.2) is 0 Å². The van der Waals surface area contributed by atoms with Gasteiger partial charge in [0.05, 0.1) is 30.4 Å². The molecule has 0 spiro atoms. The van der Waals surface area contributed by atoms with Crippen molar-refractivity contribution in [1.29, 1.82) is 0 Å². The third kappa shape index (κ3) is 3.80. The number of rotatable bonds is 4. The highest BCUT2D eigenvalue weighted by atomic mass is 16.5. The molecule has 0 radical (unpaired) electrons. The van der Waals surface area contributed by atoms with Crippen molar-refractivity contribution in [3.8, 4) is 0 Å². The molecule has 1 atom stereocenters. The zero-order chi connectivity index (χ0) is 14.8. The van der Waals surface area contributed by atoms with Crippen molar-refractivity contribution < 1.29 is 14.3 Å². The van der Waals surface area contributed by atoms with Gasteiger partial charge in [0.2, 0.25) is 5.91 Å². The molecule has 0 aromatic carbocycles. The average molecular weight is 281 g/mol. The monoisotopic (exact) mass is 281 g/mol. The second kappa shape index (κ2) is 5.93. The molecule has 0 saturated carbocycles. The third-order valence-electron chi connectivity index (χ3n) is 3.28. The Morgan fingerprint density at radius 2 is 2.40 bits per heavy atom. The summed E-state index contributed by atoms with van der Waals surface area (Å²) in [5, 5.41) is 6.97. The quantitative estimate of drug-likeness (QED) is 0.891. The van der Waals surface area contributed by atoms with Crippen LogP contribution in [0.1, 0.15) is 25.2 Å². The summed E-state index contributed by atoms with van der Waals surface area (Å²) in [5.41, 5.74) is 1.39. The number of carbonyl (C=O) groups is 1. The maximum Gasteiger partial charge on any atom is 0.228 e. The van der Waals surface area contributed by atoms with Crippen LogP contribution in [0, 0.1) is 6.92 Å². The standard InChI is InChI=1S/C14H23N3O3/c1-10-5-11(16-15-10)6-13(18)17-7-12(8-19-4)20-14(2,3)9-17/h5,12H,6-9H2,1-4H3,(H,15,16)/t12-/m0/s1. The molecule has 1 N–H and O–H groups in total. The second-order valence-electron chi connectivity index (χ2n) is 5.95. The Labute approximate surface area is 119 Å². The van der Waals surface area contributed by atoms with Crippen LogP contribution in [0.25, 0.3) is 0 Å². The SMILES string of the molecule is COC[C@@H]1CN(C(=O)Cc2cc(C)[nH]n2)CC(C)(C)O1. The summed E-state index contributed by atoms with van der Waals surface area (Å²) in [6, 6.07) is 1.90. The second-order valence-corrected chi connectivity index (χ2v) is 5.95. The van der Waals surface area contributed by atoms with Crippen LogP contribution in [-0.4, -0.2) is 59.5 Å². The van der Waals surface area contributed by atoms with Gasteiger partial charge in [0.15, 0.2) is 0 Å². The first-order chi connectivity index (χ1) is 9.39. The molecule has 0 aliphatic carbocycles. The van der Waals surface area contributed by atoms with E-state index in [-0.39, 0.29) is 17.6 Å². The Morgan fingerprint density at radius 3 is 3.00 bits per heavy atom. The first-order valence-corrected chi connectivity index (χ1v) is 6.85. The van der Waals surface area contributed by atoms with Crippen LogP contribution in [0.3, 0.4) is 0 Å². The summed E-state index contributed by atoms with van der Waals surface area (Å²) in [6.45, 7) is 7.57.